The molecule has 120 valence electrons. The van der Waals surface area contributed by atoms with Crippen molar-refractivity contribution in [2.24, 2.45) is 0 Å². The number of thioether (sulfide) groups is 1. The number of rotatable bonds is 4. The van der Waals surface area contributed by atoms with E-state index in [9.17, 15) is 9.59 Å². The normalized spacial score (nSPS) is 13.0. The van der Waals surface area contributed by atoms with Crippen LogP contribution in [0.3, 0.4) is 0 Å². The van der Waals surface area contributed by atoms with Gasteiger partial charge in [-0.05, 0) is 37.5 Å². The Morgan fingerprint density at radius 2 is 2.17 bits per heavy atom. The van der Waals surface area contributed by atoms with Crippen molar-refractivity contribution >= 4 is 46.6 Å². The Hall–Kier alpha value is -1.50. The molecule has 0 fully saturated rings. The first-order chi connectivity index (χ1) is 11.0. The number of anilines is 1. The van der Waals surface area contributed by atoms with Crippen molar-refractivity contribution in [1.29, 1.82) is 0 Å². The summed E-state index contributed by atoms with van der Waals surface area (Å²) in [6, 6.07) is 4.87. The van der Waals surface area contributed by atoms with Gasteiger partial charge in [-0.2, -0.15) is 4.98 Å². The lowest BCUT2D eigenvalue weighted by Crippen LogP contribution is -2.17. The summed E-state index contributed by atoms with van der Waals surface area (Å²) >= 11 is 13.2. The molecule has 8 heteroatoms. The summed E-state index contributed by atoms with van der Waals surface area (Å²) in [4.78, 5) is 30.4. The zero-order chi connectivity index (χ0) is 16.4. The van der Waals surface area contributed by atoms with Crippen molar-refractivity contribution < 1.29 is 4.79 Å². The number of fused-ring (bicyclic) bond motifs is 1. The van der Waals surface area contributed by atoms with E-state index in [0.717, 1.165) is 30.5 Å². The molecule has 1 aliphatic rings. The predicted molar refractivity (Wildman–Crippen MR) is 92.7 cm³/mol. The number of amides is 1. The highest BCUT2D eigenvalue weighted by molar-refractivity contribution is 8.00. The quantitative estimate of drug-likeness (QED) is 0.640. The average molecular weight is 370 g/mol. The number of carbonyl (C=O) groups excluding carboxylic acids is 1. The molecule has 0 saturated carbocycles. The maximum Gasteiger partial charge on any atom is 0.346 e. The Morgan fingerprint density at radius 1 is 1.35 bits per heavy atom. The molecule has 0 radical (unpaired) electrons. The number of carbonyl (C=O) groups is 1. The summed E-state index contributed by atoms with van der Waals surface area (Å²) in [6.45, 7) is 0. The summed E-state index contributed by atoms with van der Waals surface area (Å²) in [7, 11) is 0. The Labute approximate surface area is 146 Å². The third kappa shape index (κ3) is 3.88. The topological polar surface area (TPSA) is 74.8 Å². The molecular weight excluding hydrogens is 357 g/mol. The second-order valence-corrected chi connectivity index (χ2v) is 6.93. The standard InChI is InChI=1S/C15H13Cl2N3O2S/c16-8-4-5-10(17)12(6-8)18-13(21)7-23-14-9-2-1-3-11(9)19-15(22)20-14/h4-6H,1-3,7H2,(H,18,21)(H,19,20,22). The number of aryl methyl sites for hydroxylation is 1. The van der Waals surface area contributed by atoms with E-state index in [1.54, 1.807) is 18.2 Å². The first kappa shape index (κ1) is 16.4. The fourth-order valence-electron chi connectivity index (χ4n) is 2.47. The molecule has 0 aliphatic heterocycles. The van der Waals surface area contributed by atoms with E-state index in [1.165, 1.54) is 11.8 Å². The van der Waals surface area contributed by atoms with Gasteiger partial charge in [0.05, 0.1) is 16.5 Å². The van der Waals surface area contributed by atoms with Crippen LogP contribution in [0.15, 0.2) is 28.0 Å². The molecule has 1 aromatic carbocycles. The third-order valence-corrected chi connectivity index (χ3v) is 5.06. The fraction of sp³-hybridized carbons (Fsp3) is 0.267. The monoisotopic (exact) mass is 369 g/mol. The summed E-state index contributed by atoms with van der Waals surface area (Å²) < 4.78 is 0. The number of halogens is 2. The van der Waals surface area contributed by atoms with Crippen LogP contribution >= 0.6 is 35.0 Å². The fourth-order valence-corrected chi connectivity index (χ4v) is 3.69. The van der Waals surface area contributed by atoms with Crippen LogP contribution in [-0.4, -0.2) is 21.6 Å². The van der Waals surface area contributed by atoms with Crippen molar-refractivity contribution in [3.63, 3.8) is 0 Å². The number of hydrogen-bond acceptors (Lipinski definition) is 4. The molecule has 1 amide bonds. The number of aromatic amines is 1. The Morgan fingerprint density at radius 3 is 3.00 bits per heavy atom. The van der Waals surface area contributed by atoms with Crippen LogP contribution in [0.1, 0.15) is 17.7 Å². The molecular formula is C15H13Cl2N3O2S. The average Bonchev–Trinajstić information content (AvgIpc) is 2.96. The van der Waals surface area contributed by atoms with Crippen LogP contribution in [0.25, 0.3) is 0 Å². The molecule has 5 nitrogen and oxygen atoms in total. The minimum atomic E-state index is -0.369. The number of hydrogen-bond donors (Lipinski definition) is 2. The van der Waals surface area contributed by atoms with Gasteiger partial charge in [0, 0.05) is 16.3 Å². The van der Waals surface area contributed by atoms with Gasteiger partial charge in [-0.15, -0.1) is 0 Å². The van der Waals surface area contributed by atoms with Crippen LogP contribution in [0.5, 0.6) is 0 Å². The van der Waals surface area contributed by atoms with Gasteiger partial charge in [0.1, 0.15) is 5.03 Å². The van der Waals surface area contributed by atoms with E-state index >= 15 is 0 Å². The summed E-state index contributed by atoms with van der Waals surface area (Å²) in [5.41, 5.74) is 2.08. The third-order valence-electron chi connectivity index (χ3n) is 3.48. The Bertz CT molecular complexity index is 823. The zero-order valence-corrected chi connectivity index (χ0v) is 14.3. The maximum atomic E-state index is 12.1. The molecule has 1 aliphatic carbocycles. The summed E-state index contributed by atoms with van der Waals surface area (Å²) in [6.07, 6.45) is 2.73. The van der Waals surface area contributed by atoms with Gasteiger partial charge >= 0.3 is 5.69 Å². The van der Waals surface area contributed by atoms with E-state index < -0.39 is 0 Å². The predicted octanol–water partition coefficient (Wildman–Crippen LogP) is 3.30. The number of nitrogens with one attached hydrogen (secondary N) is 2. The number of aromatic nitrogens is 2. The Kier molecular flexibility index (Phi) is 4.94. The first-order valence-corrected chi connectivity index (χ1v) is 8.77. The molecule has 0 unspecified atom stereocenters. The van der Waals surface area contributed by atoms with Crippen LogP contribution in [0.4, 0.5) is 5.69 Å². The molecule has 1 heterocycles. The smallest absolute Gasteiger partial charge is 0.324 e. The van der Waals surface area contributed by atoms with Gasteiger partial charge < -0.3 is 10.3 Å². The first-order valence-electron chi connectivity index (χ1n) is 7.02. The highest BCUT2D eigenvalue weighted by Gasteiger charge is 2.19. The molecule has 1 aromatic heterocycles. The molecule has 3 rings (SSSR count). The lowest BCUT2D eigenvalue weighted by Gasteiger charge is -2.09. The van der Waals surface area contributed by atoms with E-state index in [1.807, 2.05) is 0 Å². The van der Waals surface area contributed by atoms with Crippen molar-refractivity contribution in [3.8, 4) is 0 Å². The molecule has 23 heavy (non-hydrogen) atoms. The SMILES string of the molecule is O=C(CSc1nc(=O)[nH]c2c1CCC2)Nc1cc(Cl)ccc1Cl. The van der Waals surface area contributed by atoms with Crippen molar-refractivity contribution in [1.82, 2.24) is 9.97 Å². The maximum absolute atomic E-state index is 12.1. The summed E-state index contributed by atoms with van der Waals surface area (Å²) in [5, 5.41) is 4.26. The van der Waals surface area contributed by atoms with Crippen LogP contribution in [0.2, 0.25) is 10.0 Å². The van der Waals surface area contributed by atoms with Gasteiger partial charge in [-0.25, -0.2) is 4.79 Å². The second kappa shape index (κ2) is 6.95. The number of nitrogens with zero attached hydrogens (tertiary/aromatic N) is 1. The molecule has 2 aromatic rings. The highest BCUT2D eigenvalue weighted by Crippen LogP contribution is 2.29. The second-order valence-electron chi connectivity index (χ2n) is 5.12. The van der Waals surface area contributed by atoms with Crippen molar-refractivity contribution in [3.05, 3.63) is 50.0 Å². The minimum absolute atomic E-state index is 0.145. The largest absolute Gasteiger partial charge is 0.346 e. The van der Waals surface area contributed by atoms with E-state index in [0.29, 0.717) is 20.8 Å². The van der Waals surface area contributed by atoms with Gasteiger partial charge in [-0.1, -0.05) is 35.0 Å². The highest BCUT2D eigenvalue weighted by atomic mass is 35.5. The minimum Gasteiger partial charge on any atom is -0.324 e. The Balaban J connectivity index is 1.68. The van der Waals surface area contributed by atoms with Crippen LogP contribution in [-0.2, 0) is 17.6 Å². The number of H-pyrrole nitrogens is 1. The van der Waals surface area contributed by atoms with E-state index in [-0.39, 0.29) is 17.3 Å². The molecule has 2 N–H and O–H groups in total. The van der Waals surface area contributed by atoms with Crippen molar-refractivity contribution in [2.75, 3.05) is 11.1 Å². The van der Waals surface area contributed by atoms with Gasteiger partial charge in [0.15, 0.2) is 0 Å². The molecule has 0 spiro atoms. The molecule has 0 atom stereocenters. The summed E-state index contributed by atoms with van der Waals surface area (Å²) in [5.74, 6) is -0.0841. The molecule has 0 bridgehead atoms. The van der Waals surface area contributed by atoms with E-state index in [2.05, 4.69) is 15.3 Å². The van der Waals surface area contributed by atoms with Gasteiger partial charge in [0.2, 0.25) is 5.91 Å². The van der Waals surface area contributed by atoms with Crippen LogP contribution < -0.4 is 11.0 Å². The van der Waals surface area contributed by atoms with Gasteiger partial charge in [-0.3, -0.25) is 4.79 Å². The lowest BCUT2D eigenvalue weighted by atomic mass is 10.3. The van der Waals surface area contributed by atoms with Crippen molar-refractivity contribution in [2.45, 2.75) is 24.3 Å². The lowest BCUT2D eigenvalue weighted by molar-refractivity contribution is -0.113. The number of benzene rings is 1. The zero-order valence-electron chi connectivity index (χ0n) is 12.0. The molecule has 0 saturated heterocycles. The van der Waals surface area contributed by atoms with Gasteiger partial charge in [0.25, 0.3) is 0 Å². The van der Waals surface area contributed by atoms with Crippen LogP contribution in [0, 0.1) is 0 Å². The van der Waals surface area contributed by atoms with E-state index in [4.69, 9.17) is 23.2 Å².